The van der Waals surface area contributed by atoms with Crippen molar-refractivity contribution in [2.24, 2.45) is 0 Å². The summed E-state index contributed by atoms with van der Waals surface area (Å²) in [7, 11) is -3.60. The van der Waals surface area contributed by atoms with Gasteiger partial charge in [0.05, 0.1) is 12.4 Å². The van der Waals surface area contributed by atoms with Crippen molar-refractivity contribution >= 4 is 9.84 Å². The summed E-state index contributed by atoms with van der Waals surface area (Å²) in [5.74, 6) is 0.482. The number of hydrogen-bond donors (Lipinski definition) is 1. The van der Waals surface area contributed by atoms with Crippen LogP contribution in [0, 0.1) is 5.21 Å². The second-order valence-electron chi connectivity index (χ2n) is 4.36. The SMILES string of the molecule is CCCCS(=O)(=O)C1OC2=C(OCC2)C1ON([O-])O. The lowest BCUT2D eigenvalue weighted by Crippen LogP contribution is -2.39. The van der Waals surface area contributed by atoms with Crippen LogP contribution in [0.15, 0.2) is 11.5 Å². The molecule has 2 rings (SSSR count). The molecular weight excluding hydrogens is 278 g/mol. The molecule has 2 aliphatic rings. The van der Waals surface area contributed by atoms with E-state index in [0.717, 1.165) is 6.42 Å². The van der Waals surface area contributed by atoms with Gasteiger partial charge in [-0.1, -0.05) is 13.3 Å². The van der Waals surface area contributed by atoms with E-state index in [-0.39, 0.29) is 11.5 Å². The summed E-state index contributed by atoms with van der Waals surface area (Å²) in [6.07, 6.45) is 0.385. The quantitative estimate of drug-likeness (QED) is 0.712. The zero-order valence-electron chi connectivity index (χ0n) is 10.4. The molecule has 0 bridgehead atoms. The lowest BCUT2D eigenvalue weighted by atomic mass is 10.3. The number of unbranched alkanes of at least 4 members (excludes halogenated alkanes) is 1. The highest BCUT2D eigenvalue weighted by Crippen LogP contribution is 2.38. The molecule has 19 heavy (non-hydrogen) atoms. The van der Waals surface area contributed by atoms with Crippen LogP contribution in [-0.2, 0) is 24.1 Å². The Kier molecular flexibility index (Phi) is 4.31. The van der Waals surface area contributed by atoms with E-state index in [9.17, 15) is 13.6 Å². The number of rotatable bonds is 6. The lowest BCUT2D eigenvalue weighted by molar-refractivity contribution is -0.328. The van der Waals surface area contributed by atoms with Crippen LogP contribution in [0.1, 0.15) is 26.2 Å². The van der Waals surface area contributed by atoms with Crippen LogP contribution in [-0.4, -0.2) is 42.9 Å². The van der Waals surface area contributed by atoms with E-state index >= 15 is 0 Å². The average molecular weight is 294 g/mol. The van der Waals surface area contributed by atoms with Gasteiger partial charge in [-0.25, -0.2) is 8.42 Å². The zero-order valence-corrected chi connectivity index (χ0v) is 11.3. The van der Waals surface area contributed by atoms with Gasteiger partial charge < -0.3 is 19.9 Å². The molecule has 2 unspecified atom stereocenters. The van der Waals surface area contributed by atoms with Crippen LogP contribution in [0.3, 0.4) is 0 Å². The fourth-order valence-electron chi connectivity index (χ4n) is 2.06. The molecule has 0 spiro atoms. The Labute approximate surface area is 110 Å². The smallest absolute Gasteiger partial charge is 0.233 e. The van der Waals surface area contributed by atoms with Crippen molar-refractivity contribution in [1.82, 2.24) is 5.39 Å². The van der Waals surface area contributed by atoms with E-state index in [0.29, 0.717) is 25.2 Å². The van der Waals surface area contributed by atoms with Gasteiger partial charge in [0.1, 0.15) is 5.76 Å². The minimum atomic E-state index is -3.60. The van der Waals surface area contributed by atoms with Gasteiger partial charge in [0.25, 0.3) is 0 Å². The Hall–Kier alpha value is -0.870. The number of sulfone groups is 1. The fraction of sp³-hybridized carbons (Fsp3) is 0.800. The second kappa shape index (κ2) is 5.63. The molecule has 0 aromatic rings. The first kappa shape index (κ1) is 14.5. The highest BCUT2D eigenvalue weighted by molar-refractivity contribution is 7.91. The van der Waals surface area contributed by atoms with E-state index in [1.807, 2.05) is 6.92 Å². The third kappa shape index (κ3) is 3.00. The summed E-state index contributed by atoms with van der Waals surface area (Å²) in [4.78, 5) is 4.55. The molecule has 0 saturated carbocycles. The van der Waals surface area contributed by atoms with E-state index in [1.54, 1.807) is 0 Å². The highest BCUT2D eigenvalue weighted by atomic mass is 32.2. The Bertz CT molecular complexity index is 458. The van der Waals surface area contributed by atoms with Gasteiger partial charge in [-0.3, -0.25) is 4.84 Å². The van der Waals surface area contributed by atoms with Crippen molar-refractivity contribution in [3.63, 3.8) is 0 Å². The van der Waals surface area contributed by atoms with Crippen molar-refractivity contribution in [3.8, 4) is 0 Å². The molecule has 0 aliphatic carbocycles. The molecule has 0 fully saturated rings. The van der Waals surface area contributed by atoms with Crippen LogP contribution < -0.4 is 0 Å². The largest absolute Gasteiger partial charge is 0.738 e. The van der Waals surface area contributed by atoms with Gasteiger partial charge in [-0.15, -0.1) is 5.39 Å². The van der Waals surface area contributed by atoms with Crippen molar-refractivity contribution in [2.45, 2.75) is 37.7 Å². The third-order valence-corrected chi connectivity index (χ3v) is 4.87. The Morgan fingerprint density at radius 1 is 1.58 bits per heavy atom. The summed E-state index contributed by atoms with van der Waals surface area (Å²) in [5.41, 5.74) is -1.34. The third-order valence-electron chi connectivity index (χ3n) is 2.97. The zero-order chi connectivity index (χ0) is 14.0. The molecule has 0 saturated heterocycles. The van der Waals surface area contributed by atoms with Gasteiger partial charge in [0.15, 0.2) is 21.7 Å². The summed E-state index contributed by atoms with van der Waals surface area (Å²) in [6.45, 7) is 2.21. The van der Waals surface area contributed by atoms with E-state index in [4.69, 9.17) is 14.7 Å². The van der Waals surface area contributed by atoms with Crippen LogP contribution in [0.2, 0.25) is 0 Å². The molecule has 9 heteroatoms. The maximum Gasteiger partial charge on any atom is 0.233 e. The minimum absolute atomic E-state index is 0.0706. The highest BCUT2D eigenvalue weighted by Gasteiger charge is 2.49. The summed E-state index contributed by atoms with van der Waals surface area (Å²) >= 11 is 0. The Balaban J connectivity index is 2.17. The van der Waals surface area contributed by atoms with Gasteiger partial charge in [0, 0.05) is 6.42 Å². The van der Waals surface area contributed by atoms with Gasteiger partial charge in [0.2, 0.25) is 5.44 Å². The summed E-state index contributed by atoms with van der Waals surface area (Å²) in [5, 5.41) is 18.4. The van der Waals surface area contributed by atoms with Gasteiger partial charge in [-0.05, 0) is 6.42 Å². The predicted octanol–water partition coefficient (Wildman–Crippen LogP) is 0.679. The summed E-state index contributed by atoms with van der Waals surface area (Å²) in [6, 6.07) is 0. The molecule has 2 atom stereocenters. The average Bonchev–Trinajstić information content (AvgIpc) is 2.89. The second-order valence-corrected chi connectivity index (χ2v) is 6.56. The first-order valence-electron chi connectivity index (χ1n) is 6.02. The molecule has 110 valence electrons. The molecule has 0 aromatic carbocycles. The molecular formula is C10H16NO7S-. The molecule has 1 N–H and O–H groups in total. The number of ether oxygens (including phenoxy) is 2. The van der Waals surface area contributed by atoms with Gasteiger partial charge in [-0.2, -0.15) is 0 Å². The maximum absolute atomic E-state index is 12.1. The molecule has 0 radical (unpaired) electrons. The monoisotopic (exact) mass is 294 g/mol. The number of hydrogen-bond acceptors (Lipinski definition) is 8. The van der Waals surface area contributed by atoms with Crippen LogP contribution in [0.4, 0.5) is 0 Å². The molecule has 2 heterocycles. The van der Waals surface area contributed by atoms with E-state index in [1.165, 1.54) is 0 Å². The number of nitrogens with zero attached hydrogens (tertiary/aromatic N) is 1. The van der Waals surface area contributed by atoms with Crippen LogP contribution in [0.5, 0.6) is 0 Å². The Morgan fingerprint density at radius 3 is 2.95 bits per heavy atom. The van der Waals surface area contributed by atoms with Crippen LogP contribution in [0.25, 0.3) is 0 Å². The van der Waals surface area contributed by atoms with E-state index < -0.39 is 26.8 Å². The first-order chi connectivity index (χ1) is 8.95. The van der Waals surface area contributed by atoms with Crippen molar-refractivity contribution in [3.05, 3.63) is 16.7 Å². The molecule has 2 aliphatic heterocycles. The predicted molar refractivity (Wildman–Crippen MR) is 63.0 cm³/mol. The van der Waals surface area contributed by atoms with Crippen molar-refractivity contribution in [2.75, 3.05) is 12.4 Å². The molecule has 0 aromatic heterocycles. The lowest BCUT2D eigenvalue weighted by Gasteiger charge is -2.27. The standard InChI is InChI=1S/C10H16NO7S/c1-2-3-6-19(14,15)10-9(18-11(12)13)8-7(17-10)4-5-16-8/h9-10,12H,2-6H2,1H3/q-1. The summed E-state index contributed by atoms with van der Waals surface area (Å²) < 4.78 is 34.8. The molecule has 0 amide bonds. The normalized spacial score (nSPS) is 26.5. The van der Waals surface area contributed by atoms with Gasteiger partial charge >= 0.3 is 0 Å². The van der Waals surface area contributed by atoms with Crippen molar-refractivity contribution in [1.29, 1.82) is 0 Å². The topological polar surface area (TPSA) is 108 Å². The van der Waals surface area contributed by atoms with Crippen LogP contribution >= 0.6 is 0 Å². The fourth-order valence-corrected chi connectivity index (χ4v) is 3.79. The Morgan fingerprint density at radius 2 is 2.32 bits per heavy atom. The minimum Gasteiger partial charge on any atom is -0.738 e. The maximum atomic E-state index is 12.1. The molecule has 8 nitrogen and oxygen atoms in total. The van der Waals surface area contributed by atoms with Crippen molar-refractivity contribution < 1.29 is 27.9 Å². The first-order valence-corrected chi connectivity index (χ1v) is 7.74. The van der Waals surface area contributed by atoms with E-state index in [2.05, 4.69) is 4.84 Å².